The first kappa shape index (κ1) is 17.2. The van der Waals surface area contributed by atoms with Crippen molar-refractivity contribution >= 4 is 27.4 Å². The number of aromatic nitrogens is 2. The number of methoxy groups -OCH3 is 1. The highest BCUT2D eigenvalue weighted by atomic mass is 32.1. The maximum Gasteiger partial charge on any atom is 0.348 e. The number of esters is 1. The summed E-state index contributed by atoms with van der Waals surface area (Å²) in [6.45, 7) is -0.174. The lowest BCUT2D eigenvalue weighted by molar-refractivity contribution is 0.0435. The van der Waals surface area contributed by atoms with E-state index in [1.54, 1.807) is 31.4 Å². The van der Waals surface area contributed by atoms with Crippen LogP contribution < -0.4 is 4.74 Å². The number of nitrogens with zero attached hydrogens (tertiary/aromatic N) is 2. The molecular weight excluding hydrogens is 371 g/mol. The maximum atomic E-state index is 13.7. The minimum Gasteiger partial charge on any atom is -0.497 e. The summed E-state index contributed by atoms with van der Waals surface area (Å²) in [5.74, 6) is 0.249. The van der Waals surface area contributed by atoms with Crippen LogP contribution in [-0.2, 0) is 11.3 Å². The Morgan fingerprint density at radius 3 is 2.89 bits per heavy atom. The first-order chi connectivity index (χ1) is 13.1. The van der Waals surface area contributed by atoms with Crippen molar-refractivity contribution in [3.63, 3.8) is 0 Å². The third-order valence-electron chi connectivity index (χ3n) is 3.83. The van der Waals surface area contributed by atoms with E-state index in [4.69, 9.17) is 14.0 Å². The molecule has 0 aliphatic carbocycles. The predicted molar refractivity (Wildman–Crippen MR) is 97.2 cm³/mol. The van der Waals surface area contributed by atoms with Gasteiger partial charge in [0.05, 0.1) is 7.11 Å². The van der Waals surface area contributed by atoms with Crippen molar-refractivity contribution in [1.29, 1.82) is 0 Å². The summed E-state index contributed by atoms with van der Waals surface area (Å²) in [4.78, 5) is 16.7. The number of fused-ring (bicyclic) bond motifs is 1. The van der Waals surface area contributed by atoms with Crippen molar-refractivity contribution in [3.8, 4) is 17.1 Å². The zero-order valence-corrected chi connectivity index (χ0v) is 15.0. The number of thiophene rings is 1. The van der Waals surface area contributed by atoms with E-state index in [1.807, 2.05) is 12.1 Å². The molecule has 0 unspecified atom stereocenters. The van der Waals surface area contributed by atoms with E-state index in [2.05, 4.69) is 10.1 Å². The molecule has 0 radical (unpaired) electrons. The standard InChI is InChI=1S/C19H13FN2O4S/c1-24-12-5-2-4-11(8-12)18-21-17(26-22-18)10-25-19(23)16-9-13-14(20)6-3-7-15(13)27-16/h2-9H,10H2,1H3. The van der Waals surface area contributed by atoms with Crippen LogP contribution in [0.2, 0.25) is 0 Å². The summed E-state index contributed by atoms with van der Waals surface area (Å²) in [6, 6.07) is 13.4. The van der Waals surface area contributed by atoms with Crippen molar-refractivity contribution in [2.45, 2.75) is 6.61 Å². The molecule has 0 atom stereocenters. The SMILES string of the molecule is COc1cccc(-c2noc(COC(=O)c3cc4c(F)cccc4s3)n2)c1. The molecule has 0 bridgehead atoms. The number of rotatable bonds is 5. The lowest BCUT2D eigenvalue weighted by Gasteiger charge is -2.00. The van der Waals surface area contributed by atoms with Crippen molar-refractivity contribution in [3.05, 3.63) is 65.1 Å². The zero-order valence-electron chi connectivity index (χ0n) is 14.1. The molecule has 27 heavy (non-hydrogen) atoms. The van der Waals surface area contributed by atoms with Crippen LogP contribution in [0.5, 0.6) is 5.75 Å². The highest BCUT2D eigenvalue weighted by Crippen LogP contribution is 2.28. The Balaban J connectivity index is 1.46. The van der Waals surface area contributed by atoms with Gasteiger partial charge >= 0.3 is 5.97 Å². The van der Waals surface area contributed by atoms with Gasteiger partial charge in [0.25, 0.3) is 5.89 Å². The van der Waals surface area contributed by atoms with Crippen LogP contribution in [0.25, 0.3) is 21.5 Å². The van der Waals surface area contributed by atoms with Gasteiger partial charge in [-0.3, -0.25) is 0 Å². The average Bonchev–Trinajstić information content (AvgIpc) is 3.34. The number of carbonyl (C=O) groups is 1. The first-order valence-electron chi connectivity index (χ1n) is 7.96. The van der Waals surface area contributed by atoms with Gasteiger partial charge in [0.1, 0.15) is 16.4 Å². The Bertz CT molecular complexity index is 1120. The Labute approximate surface area is 157 Å². The van der Waals surface area contributed by atoms with Crippen LogP contribution in [0.3, 0.4) is 0 Å². The van der Waals surface area contributed by atoms with Gasteiger partial charge in [-0.15, -0.1) is 11.3 Å². The largest absolute Gasteiger partial charge is 0.497 e. The van der Waals surface area contributed by atoms with Crippen molar-refractivity contribution in [1.82, 2.24) is 10.1 Å². The van der Waals surface area contributed by atoms with E-state index < -0.39 is 5.97 Å². The maximum absolute atomic E-state index is 13.7. The van der Waals surface area contributed by atoms with Gasteiger partial charge in [0.15, 0.2) is 6.61 Å². The number of hydrogen-bond acceptors (Lipinski definition) is 7. The van der Waals surface area contributed by atoms with Crippen molar-refractivity contribution < 1.29 is 23.2 Å². The summed E-state index contributed by atoms with van der Waals surface area (Å²) >= 11 is 1.17. The molecule has 2 aromatic carbocycles. The first-order valence-corrected chi connectivity index (χ1v) is 8.78. The fourth-order valence-corrected chi connectivity index (χ4v) is 3.49. The molecule has 0 aliphatic rings. The van der Waals surface area contributed by atoms with Gasteiger partial charge in [-0.05, 0) is 30.3 Å². The monoisotopic (exact) mass is 384 g/mol. The number of ether oxygens (including phenoxy) is 2. The molecule has 8 heteroatoms. The molecule has 0 aliphatic heterocycles. The van der Waals surface area contributed by atoms with Gasteiger partial charge in [0.2, 0.25) is 5.82 Å². The van der Waals surface area contributed by atoms with E-state index in [9.17, 15) is 9.18 Å². The Kier molecular flexibility index (Phi) is 4.55. The topological polar surface area (TPSA) is 74.5 Å². The van der Waals surface area contributed by atoms with Crippen LogP contribution in [-0.4, -0.2) is 23.2 Å². The second-order valence-electron chi connectivity index (χ2n) is 5.58. The second kappa shape index (κ2) is 7.16. The number of carbonyl (C=O) groups excluding carboxylic acids is 1. The highest BCUT2D eigenvalue weighted by Gasteiger charge is 2.16. The molecule has 2 aromatic heterocycles. The lowest BCUT2D eigenvalue weighted by atomic mass is 10.2. The van der Waals surface area contributed by atoms with Crippen molar-refractivity contribution in [2.24, 2.45) is 0 Å². The number of halogens is 1. The van der Waals surface area contributed by atoms with Gasteiger partial charge in [-0.25, -0.2) is 9.18 Å². The molecule has 0 spiro atoms. The number of benzene rings is 2. The Hall–Kier alpha value is -3.26. The quantitative estimate of drug-likeness (QED) is 0.473. The zero-order chi connectivity index (χ0) is 18.8. The summed E-state index contributed by atoms with van der Waals surface area (Å²) in [7, 11) is 1.57. The average molecular weight is 384 g/mol. The summed E-state index contributed by atoms with van der Waals surface area (Å²) in [5, 5.41) is 4.27. The minimum atomic E-state index is -0.572. The molecule has 0 amide bonds. The van der Waals surface area contributed by atoms with Crippen LogP contribution in [0.1, 0.15) is 15.6 Å². The lowest BCUT2D eigenvalue weighted by Crippen LogP contribution is -2.03. The Morgan fingerprint density at radius 2 is 2.07 bits per heavy atom. The van der Waals surface area contributed by atoms with E-state index in [0.29, 0.717) is 26.5 Å². The molecule has 2 heterocycles. The fraction of sp³-hybridized carbons (Fsp3) is 0.105. The fourth-order valence-electron chi connectivity index (χ4n) is 2.52. The van der Waals surface area contributed by atoms with Crippen LogP contribution in [0.4, 0.5) is 4.39 Å². The third kappa shape index (κ3) is 3.52. The van der Waals surface area contributed by atoms with Gasteiger partial charge in [-0.1, -0.05) is 23.4 Å². The van der Waals surface area contributed by atoms with Crippen LogP contribution in [0.15, 0.2) is 53.1 Å². The van der Waals surface area contributed by atoms with E-state index >= 15 is 0 Å². The molecular formula is C19H13FN2O4S. The minimum absolute atomic E-state index is 0.161. The predicted octanol–water partition coefficient (Wildman–Crippen LogP) is 4.46. The van der Waals surface area contributed by atoms with Crippen LogP contribution in [0, 0.1) is 5.82 Å². The summed E-state index contributed by atoms with van der Waals surface area (Å²) in [6.07, 6.45) is 0. The number of hydrogen-bond donors (Lipinski definition) is 0. The molecule has 0 N–H and O–H groups in total. The second-order valence-corrected chi connectivity index (χ2v) is 6.67. The van der Waals surface area contributed by atoms with Crippen LogP contribution >= 0.6 is 11.3 Å². The summed E-state index contributed by atoms with van der Waals surface area (Å²) in [5.41, 5.74) is 0.718. The van der Waals surface area contributed by atoms with Crippen molar-refractivity contribution in [2.75, 3.05) is 7.11 Å². The molecule has 4 aromatic rings. The molecule has 0 fully saturated rings. The molecule has 136 valence electrons. The Morgan fingerprint density at radius 1 is 1.22 bits per heavy atom. The van der Waals surface area contributed by atoms with E-state index in [1.165, 1.54) is 23.5 Å². The van der Waals surface area contributed by atoms with Gasteiger partial charge < -0.3 is 14.0 Å². The van der Waals surface area contributed by atoms with Gasteiger partial charge in [-0.2, -0.15) is 4.98 Å². The summed E-state index contributed by atoms with van der Waals surface area (Å²) < 4.78 is 29.9. The molecule has 0 saturated heterocycles. The van der Waals surface area contributed by atoms with Gasteiger partial charge in [0, 0.05) is 15.6 Å². The highest BCUT2D eigenvalue weighted by molar-refractivity contribution is 7.20. The van der Waals surface area contributed by atoms with E-state index in [0.717, 1.165) is 5.56 Å². The smallest absolute Gasteiger partial charge is 0.348 e. The molecule has 4 rings (SSSR count). The van der Waals surface area contributed by atoms with E-state index in [-0.39, 0.29) is 18.3 Å². The molecule has 0 saturated carbocycles. The normalized spacial score (nSPS) is 10.9. The molecule has 6 nitrogen and oxygen atoms in total. The third-order valence-corrected chi connectivity index (χ3v) is 4.91.